The average molecular weight is 472 g/mol. The Kier molecular flexibility index (Phi) is 6.69. The predicted octanol–water partition coefficient (Wildman–Crippen LogP) is 2.99. The van der Waals surface area contributed by atoms with Crippen LogP contribution in [0.5, 0.6) is 5.75 Å². The van der Waals surface area contributed by atoms with Crippen LogP contribution < -0.4 is 10.1 Å². The van der Waals surface area contributed by atoms with Gasteiger partial charge in [0, 0.05) is 37.8 Å². The minimum absolute atomic E-state index is 0.0564. The lowest BCUT2D eigenvalue weighted by molar-refractivity contribution is -0.141. The van der Waals surface area contributed by atoms with E-state index in [1.165, 1.54) is 0 Å². The SMILES string of the molecule is O=C(CN1CCN(C(=O)C(Oc2ccccc2Br)c2ccccc2)CC1)NC1CC1. The van der Waals surface area contributed by atoms with Crippen molar-refractivity contribution in [2.75, 3.05) is 32.7 Å². The van der Waals surface area contributed by atoms with Crippen molar-refractivity contribution in [1.29, 1.82) is 0 Å². The Morgan fingerprint density at radius 1 is 1.00 bits per heavy atom. The standard InChI is InChI=1S/C23H26BrN3O3/c24-19-8-4-5-9-20(19)30-22(17-6-2-1-3-7-17)23(29)27-14-12-26(13-15-27)16-21(28)25-18-10-11-18/h1-9,18,22H,10-16H2,(H,25,28). The lowest BCUT2D eigenvalue weighted by Gasteiger charge is -2.36. The number of piperazine rings is 1. The fourth-order valence-corrected chi connectivity index (χ4v) is 3.93. The van der Waals surface area contributed by atoms with Crippen LogP contribution in [0.3, 0.4) is 0 Å². The molecule has 0 bridgehead atoms. The number of hydrogen-bond acceptors (Lipinski definition) is 4. The maximum Gasteiger partial charge on any atom is 0.268 e. The van der Waals surface area contributed by atoms with Crippen LogP contribution in [-0.4, -0.2) is 60.4 Å². The molecule has 1 aliphatic carbocycles. The third kappa shape index (κ3) is 5.40. The summed E-state index contributed by atoms with van der Waals surface area (Å²) in [6.45, 7) is 2.92. The minimum atomic E-state index is -0.713. The summed E-state index contributed by atoms with van der Waals surface area (Å²) in [6.07, 6.45) is 1.47. The molecule has 158 valence electrons. The van der Waals surface area contributed by atoms with Gasteiger partial charge in [0.15, 0.2) is 0 Å². The first-order valence-electron chi connectivity index (χ1n) is 10.4. The topological polar surface area (TPSA) is 61.9 Å². The quantitative estimate of drug-likeness (QED) is 0.673. The molecule has 0 spiro atoms. The molecule has 2 fully saturated rings. The molecule has 2 amide bonds. The highest BCUT2D eigenvalue weighted by atomic mass is 79.9. The van der Waals surface area contributed by atoms with E-state index < -0.39 is 6.10 Å². The molecule has 4 rings (SSSR count). The van der Waals surface area contributed by atoms with Gasteiger partial charge in [-0.05, 0) is 40.9 Å². The summed E-state index contributed by atoms with van der Waals surface area (Å²) >= 11 is 3.50. The smallest absolute Gasteiger partial charge is 0.268 e. The van der Waals surface area contributed by atoms with Crippen LogP contribution in [-0.2, 0) is 9.59 Å². The highest BCUT2D eigenvalue weighted by Gasteiger charge is 2.31. The third-order valence-electron chi connectivity index (χ3n) is 5.40. The third-order valence-corrected chi connectivity index (χ3v) is 6.06. The molecule has 0 radical (unpaired) electrons. The fourth-order valence-electron chi connectivity index (χ4n) is 3.55. The Bertz CT molecular complexity index is 880. The summed E-state index contributed by atoms with van der Waals surface area (Å²) in [5.74, 6) is 0.658. The van der Waals surface area contributed by atoms with Gasteiger partial charge >= 0.3 is 0 Å². The maximum atomic E-state index is 13.4. The Morgan fingerprint density at radius 2 is 1.67 bits per heavy atom. The number of amides is 2. The number of rotatable bonds is 7. The largest absolute Gasteiger partial charge is 0.475 e. The molecule has 1 saturated heterocycles. The molecule has 1 aliphatic heterocycles. The zero-order valence-electron chi connectivity index (χ0n) is 16.8. The van der Waals surface area contributed by atoms with Gasteiger partial charge in [-0.15, -0.1) is 0 Å². The van der Waals surface area contributed by atoms with Crippen molar-refractivity contribution in [3.63, 3.8) is 0 Å². The predicted molar refractivity (Wildman–Crippen MR) is 118 cm³/mol. The molecular weight excluding hydrogens is 446 g/mol. The molecule has 1 unspecified atom stereocenters. The number of hydrogen-bond donors (Lipinski definition) is 1. The van der Waals surface area contributed by atoms with Crippen LogP contribution >= 0.6 is 15.9 Å². The summed E-state index contributed by atoms with van der Waals surface area (Å²) in [4.78, 5) is 29.4. The number of nitrogens with one attached hydrogen (secondary N) is 1. The van der Waals surface area contributed by atoms with Crippen LogP contribution in [0.2, 0.25) is 0 Å². The fraction of sp³-hybridized carbons (Fsp3) is 0.391. The van der Waals surface area contributed by atoms with E-state index in [0.29, 0.717) is 44.5 Å². The average Bonchev–Trinajstić information content (AvgIpc) is 3.58. The molecule has 7 heteroatoms. The van der Waals surface area contributed by atoms with Crippen LogP contribution in [0.15, 0.2) is 59.1 Å². The van der Waals surface area contributed by atoms with Crippen molar-refractivity contribution in [2.24, 2.45) is 0 Å². The van der Waals surface area contributed by atoms with Crippen molar-refractivity contribution >= 4 is 27.7 Å². The Hall–Kier alpha value is -2.38. The minimum Gasteiger partial charge on any atom is -0.475 e. The van der Waals surface area contributed by atoms with E-state index in [4.69, 9.17) is 4.74 Å². The van der Waals surface area contributed by atoms with E-state index in [0.717, 1.165) is 22.9 Å². The van der Waals surface area contributed by atoms with E-state index in [2.05, 4.69) is 26.1 Å². The number of carbonyl (C=O) groups excluding carboxylic acids is 2. The second-order valence-electron chi connectivity index (χ2n) is 7.78. The maximum absolute atomic E-state index is 13.4. The molecule has 1 N–H and O–H groups in total. The van der Waals surface area contributed by atoms with Crippen molar-refractivity contribution in [2.45, 2.75) is 25.0 Å². The summed E-state index contributed by atoms with van der Waals surface area (Å²) in [7, 11) is 0. The molecule has 1 atom stereocenters. The van der Waals surface area contributed by atoms with Crippen LogP contribution in [0.4, 0.5) is 0 Å². The number of carbonyl (C=O) groups is 2. The summed E-state index contributed by atoms with van der Waals surface area (Å²) < 4.78 is 6.98. The number of benzene rings is 2. The van der Waals surface area contributed by atoms with Gasteiger partial charge in [-0.25, -0.2) is 0 Å². The van der Waals surface area contributed by atoms with Gasteiger partial charge in [-0.3, -0.25) is 14.5 Å². The lowest BCUT2D eigenvalue weighted by atomic mass is 10.1. The Labute approximate surface area is 185 Å². The lowest BCUT2D eigenvalue weighted by Crippen LogP contribution is -2.52. The molecule has 1 heterocycles. The van der Waals surface area contributed by atoms with Crippen LogP contribution in [0, 0.1) is 0 Å². The zero-order chi connectivity index (χ0) is 20.9. The summed E-state index contributed by atoms with van der Waals surface area (Å²) in [6, 6.07) is 17.5. The highest BCUT2D eigenvalue weighted by Crippen LogP contribution is 2.30. The molecule has 2 aromatic rings. The second kappa shape index (κ2) is 9.62. The Balaban J connectivity index is 1.40. The van der Waals surface area contributed by atoms with Crippen molar-refractivity contribution in [3.05, 3.63) is 64.6 Å². The van der Waals surface area contributed by atoms with Crippen molar-refractivity contribution in [1.82, 2.24) is 15.1 Å². The first-order valence-corrected chi connectivity index (χ1v) is 11.2. The van der Waals surface area contributed by atoms with Crippen LogP contribution in [0.1, 0.15) is 24.5 Å². The highest BCUT2D eigenvalue weighted by molar-refractivity contribution is 9.10. The number of ether oxygens (including phenoxy) is 1. The van der Waals surface area contributed by atoms with E-state index >= 15 is 0 Å². The number of halogens is 1. The first kappa shape index (κ1) is 20.9. The van der Waals surface area contributed by atoms with Gasteiger partial charge in [-0.2, -0.15) is 0 Å². The summed E-state index contributed by atoms with van der Waals surface area (Å²) in [5, 5.41) is 3.02. The molecule has 0 aromatic heterocycles. The normalized spacial score (nSPS) is 18.0. The van der Waals surface area contributed by atoms with E-state index in [-0.39, 0.29) is 11.8 Å². The molecule has 2 aliphatic rings. The van der Waals surface area contributed by atoms with Gasteiger partial charge in [0.1, 0.15) is 5.75 Å². The second-order valence-corrected chi connectivity index (χ2v) is 8.64. The van der Waals surface area contributed by atoms with E-state index in [9.17, 15) is 9.59 Å². The molecule has 1 saturated carbocycles. The van der Waals surface area contributed by atoms with E-state index in [1.807, 2.05) is 59.5 Å². The summed E-state index contributed by atoms with van der Waals surface area (Å²) in [5.41, 5.74) is 0.824. The van der Waals surface area contributed by atoms with Crippen molar-refractivity contribution < 1.29 is 14.3 Å². The molecule has 2 aromatic carbocycles. The van der Waals surface area contributed by atoms with Gasteiger partial charge in [0.05, 0.1) is 11.0 Å². The Morgan fingerprint density at radius 3 is 2.33 bits per heavy atom. The molecule has 6 nitrogen and oxygen atoms in total. The zero-order valence-corrected chi connectivity index (χ0v) is 18.4. The monoisotopic (exact) mass is 471 g/mol. The number of para-hydroxylation sites is 1. The molecular formula is C23H26BrN3O3. The van der Waals surface area contributed by atoms with Crippen LogP contribution in [0.25, 0.3) is 0 Å². The van der Waals surface area contributed by atoms with Gasteiger partial charge in [0.2, 0.25) is 12.0 Å². The van der Waals surface area contributed by atoms with Gasteiger partial charge in [0.25, 0.3) is 5.91 Å². The van der Waals surface area contributed by atoms with Gasteiger partial charge in [-0.1, -0.05) is 42.5 Å². The van der Waals surface area contributed by atoms with Gasteiger partial charge < -0.3 is 15.0 Å². The van der Waals surface area contributed by atoms with E-state index in [1.54, 1.807) is 0 Å². The first-order chi connectivity index (χ1) is 14.6. The van der Waals surface area contributed by atoms with Crippen molar-refractivity contribution in [3.8, 4) is 5.75 Å². The number of nitrogens with zero attached hydrogens (tertiary/aromatic N) is 2. The molecule has 30 heavy (non-hydrogen) atoms.